The molecule has 1 aliphatic rings. The number of morpholine rings is 1. The van der Waals surface area contributed by atoms with Crippen LogP contribution in [0.1, 0.15) is 29.3 Å². The van der Waals surface area contributed by atoms with E-state index in [1.807, 2.05) is 4.90 Å². The molecule has 0 spiro atoms. The molecular formula is C14H16F3NO2. The molecule has 0 N–H and O–H groups in total. The molecule has 1 aromatic rings. The summed E-state index contributed by atoms with van der Waals surface area (Å²) >= 11 is 0. The van der Waals surface area contributed by atoms with Gasteiger partial charge in [0.25, 0.3) is 0 Å². The van der Waals surface area contributed by atoms with Crippen LogP contribution >= 0.6 is 0 Å². The number of Topliss-reactive ketones (excluding diaryl/α,β-unsaturated/α-hetero) is 1. The Hall–Kier alpha value is -1.56. The van der Waals surface area contributed by atoms with Crippen LogP contribution < -0.4 is 4.90 Å². The van der Waals surface area contributed by atoms with E-state index in [0.717, 1.165) is 12.1 Å². The molecule has 0 aliphatic carbocycles. The number of ether oxygens (including phenoxy) is 1. The summed E-state index contributed by atoms with van der Waals surface area (Å²) in [6.07, 6.45) is -4.27. The van der Waals surface area contributed by atoms with E-state index in [9.17, 15) is 18.0 Å². The van der Waals surface area contributed by atoms with E-state index in [0.29, 0.717) is 32.0 Å². The fraction of sp³-hybridized carbons (Fsp3) is 0.500. The molecule has 1 aliphatic heterocycles. The molecule has 0 radical (unpaired) electrons. The third-order valence-electron chi connectivity index (χ3n) is 3.26. The van der Waals surface area contributed by atoms with Crippen LogP contribution in [-0.2, 0) is 10.9 Å². The average molecular weight is 287 g/mol. The van der Waals surface area contributed by atoms with E-state index in [1.165, 1.54) is 6.07 Å². The Labute approximate surface area is 115 Å². The van der Waals surface area contributed by atoms with E-state index in [-0.39, 0.29) is 17.8 Å². The second-order valence-corrected chi connectivity index (χ2v) is 4.64. The van der Waals surface area contributed by atoms with E-state index < -0.39 is 11.7 Å². The molecular weight excluding hydrogens is 271 g/mol. The molecule has 0 saturated carbocycles. The Morgan fingerprint density at radius 2 is 1.90 bits per heavy atom. The predicted octanol–water partition coefficient (Wildman–Crippen LogP) is 3.13. The van der Waals surface area contributed by atoms with Gasteiger partial charge in [0.15, 0.2) is 5.78 Å². The van der Waals surface area contributed by atoms with Crippen LogP contribution in [-0.4, -0.2) is 32.1 Å². The summed E-state index contributed by atoms with van der Waals surface area (Å²) < 4.78 is 44.0. The maximum absolute atomic E-state index is 12.9. The number of anilines is 1. The Bertz CT molecular complexity index is 494. The maximum Gasteiger partial charge on any atom is 0.416 e. The minimum atomic E-state index is -4.45. The topological polar surface area (TPSA) is 29.5 Å². The highest BCUT2D eigenvalue weighted by Gasteiger charge is 2.32. The minimum Gasteiger partial charge on any atom is -0.378 e. The van der Waals surface area contributed by atoms with Gasteiger partial charge < -0.3 is 9.64 Å². The van der Waals surface area contributed by atoms with Gasteiger partial charge >= 0.3 is 6.18 Å². The zero-order valence-electron chi connectivity index (χ0n) is 11.2. The number of rotatable bonds is 3. The quantitative estimate of drug-likeness (QED) is 0.800. The summed E-state index contributed by atoms with van der Waals surface area (Å²) in [5, 5.41) is 0. The first-order valence-corrected chi connectivity index (χ1v) is 6.50. The number of hydrogen-bond donors (Lipinski definition) is 0. The zero-order chi connectivity index (χ0) is 14.8. The fourth-order valence-electron chi connectivity index (χ4n) is 2.14. The summed E-state index contributed by atoms with van der Waals surface area (Å²) in [7, 11) is 0. The highest BCUT2D eigenvalue weighted by molar-refractivity contribution is 5.97. The molecule has 0 bridgehead atoms. The maximum atomic E-state index is 12.9. The van der Waals surface area contributed by atoms with Crippen LogP contribution in [0.2, 0.25) is 0 Å². The minimum absolute atomic E-state index is 0.115. The van der Waals surface area contributed by atoms with Gasteiger partial charge in [-0.05, 0) is 18.2 Å². The number of alkyl halides is 3. The van der Waals surface area contributed by atoms with Gasteiger partial charge in [0.1, 0.15) is 0 Å². The fourth-order valence-corrected chi connectivity index (χ4v) is 2.14. The summed E-state index contributed by atoms with van der Waals surface area (Å²) in [6.45, 7) is 3.65. The molecule has 1 aromatic carbocycles. The van der Waals surface area contributed by atoms with Crippen molar-refractivity contribution in [3.8, 4) is 0 Å². The SMILES string of the molecule is CCC(=O)c1cc(N2CCOCC2)cc(C(F)(F)F)c1. The molecule has 0 unspecified atom stereocenters. The van der Waals surface area contributed by atoms with Crippen molar-refractivity contribution in [2.24, 2.45) is 0 Å². The van der Waals surface area contributed by atoms with E-state index >= 15 is 0 Å². The van der Waals surface area contributed by atoms with E-state index in [4.69, 9.17) is 4.74 Å². The summed E-state index contributed by atoms with van der Waals surface area (Å²) in [5.74, 6) is -0.286. The molecule has 20 heavy (non-hydrogen) atoms. The Morgan fingerprint density at radius 3 is 2.45 bits per heavy atom. The van der Waals surface area contributed by atoms with Crippen molar-refractivity contribution >= 4 is 11.5 Å². The molecule has 1 saturated heterocycles. The standard InChI is InChI=1S/C14H16F3NO2/c1-2-13(19)10-7-11(14(15,16)17)9-12(8-10)18-3-5-20-6-4-18/h7-9H,2-6H2,1H3. The Kier molecular flexibility index (Phi) is 4.32. The lowest BCUT2D eigenvalue weighted by Crippen LogP contribution is -2.36. The van der Waals surface area contributed by atoms with Crippen molar-refractivity contribution in [1.29, 1.82) is 0 Å². The van der Waals surface area contributed by atoms with Crippen LogP contribution in [0.3, 0.4) is 0 Å². The first kappa shape index (κ1) is 14.8. The Morgan fingerprint density at radius 1 is 1.25 bits per heavy atom. The summed E-state index contributed by atoms with van der Waals surface area (Å²) in [4.78, 5) is 13.5. The molecule has 2 rings (SSSR count). The molecule has 0 amide bonds. The lowest BCUT2D eigenvalue weighted by Gasteiger charge is -2.29. The van der Waals surface area contributed by atoms with Gasteiger partial charge in [-0.1, -0.05) is 6.92 Å². The number of ketones is 1. The van der Waals surface area contributed by atoms with Crippen LogP contribution in [0.15, 0.2) is 18.2 Å². The van der Waals surface area contributed by atoms with Crippen molar-refractivity contribution < 1.29 is 22.7 Å². The van der Waals surface area contributed by atoms with Crippen molar-refractivity contribution in [3.05, 3.63) is 29.3 Å². The molecule has 1 fully saturated rings. The van der Waals surface area contributed by atoms with Gasteiger partial charge in [0.2, 0.25) is 0 Å². The van der Waals surface area contributed by atoms with Crippen molar-refractivity contribution in [3.63, 3.8) is 0 Å². The molecule has 3 nitrogen and oxygen atoms in total. The van der Waals surface area contributed by atoms with Gasteiger partial charge in [-0.25, -0.2) is 0 Å². The number of carbonyl (C=O) groups is 1. The molecule has 110 valence electrons. The first-order chi connectivity index (χ1) is 9.41. The number of halogens is 3. The highest BCUT2D eigenvalue weighted by Crippen LogP contribution is 2.33. The third kappa shape index (κ3) is 3.30. The summed E-state index contributed by atoms with van der Waals surface area (Å²) in [5.41, 5.74) is -0.234. The van der Waals surface area contributed by atoms with Crippen LogP contribution in [0.25, 0.3) is 0 Å². The second kappa shape index (κ2) is 5.83. The van der Waals surface area contributed by atoms with E-state index in [1.54, 1.807) is 6.92 Å². The van der Waals surface area contributed by atoms with Gasteiger partial charge in [-0.2, -0.15) is 13.2 Å². The van der Waals surface area contributed by atoms with Gasteiger partial charge in [-0.3, -0.25) is 4.79 Å². The lowest BCUT2D eigenvalue weighted by molar-refractivity contribution is -0.137. The molecule has 0 aromatic heterocycles. The van der Waals surface area contributed by atoms with Crippen LogP contribution in [0, 0.1) is 0 Å². The van der Waals surface area contributed by atoms with E-state index in [2.05, 4.69) is 0 Å². The van der Waals surface area contributed by atoms with Crippen molar-refractivity contribution in [1.82, 2.24) is 0 Å². The molecule has 0 atom stereocenters. The normalized spacial score (nSPS) is 16.3. The number of hydrogen-bond acceptors (Lipinski definition) is 3. The number of carbonyl (C=O) groups excluding carboxylic acids is 1. The van der Waals surface area contributed by atoms with Crippen molar-refractivity contribution in [2.75, 3.05) is 31.2 Å². The lowest BCUT2D eigenvalue weighted by atomic mass is 10.0. The summed E-state index contributed by atoms with van der Waals surface area (Å²) in [6, 6.07) is 3.56. The van der Waals surface area contributed by atoms with Gasteiger partial charge in [-0.15, -0.1) is 0 Å². The number of benzene rings is 1. The smallest absolute Gasteiger partial charge is 0.378 e. The highest BCUT2D eigenvalue weighted by atomic mass is 19.4. The van der Waals surface area contributed by atoms with Gasteiger partial charge in [0, 0.05) is 30.8 Å². The Balaban J connectivity index is 2.42. The number of nitrogens with zero attached hydrogens (tertiary/aromatic N) is 1. The molecule has 6 heteroatoms. The second-order valence-electron chi connectivity index (χ2n) is 4.64. The zero-order valence-corrected chi connectivity index (χ0v) is 11.2. The third-order valence-corrected chi connectivity index (χ3v) is 3.26. The first-order valence-electron chi connectivity index (χ1n) is 6.50. The monoisotopic (exact) mass is 287 g/mol. The van der Waals surface area contributed by atoms with Gasteiger partial charge in [0.05, 0.1) is 18.8 Å². The average Bonchev–Trinajstić information content (AvgIpc) is 2.46. The molecule has 1 heterocycles. The van der Waals surface area contributed by atoms with Crippen LogP contribution in [0.5, 0.6) is 0 Å². The predicted molar refractivity (Wildman–Crippen MR) is 69.1 cm³/mol. The largest absolute Gasteiger partial charge is 0.416 e. The van der Waals surface area contributed by atoms with Crippen LogP contribution in [0.4, 0.5) is 18.9 Å². The van der Waals surface area contributed by atoms with Crippen molar-refractivity contribution in [2.45, 2.75) is 19.5 Å².